The van der Waals surface area contributed by atoms with Gasteiger partial charge in [0.05, 0.1) is 18.5 Å². The average molecular weight is 184 g/mol. The molecule has 0 aliphatic rings. The number of carbonyl (C=O) groups is 1. The zero-order valence-corrected chi connectivity index (χ0v) is 7.65. The molecule has 13 heavy (non-hydrogen) atoms. The molecule has 0 saturated heterocycles. The molecule has 1 heterocycles. The second-order valence-corrected chi connectivity index (χ2v) is 2.68. The Hall–Kier alpha value is -1.36. The number of ether oxygens (including phenoxy) is 1. The van der Waals surface area contributed by atoms with Crippen molar-refractivity contribution in [3.05, 3.63) is 17.5 Å². The second-order valence-electron chi connectivity index (χ2n) is 2.68. The van der Waals surface area contributed by atoms with Crippen molar-refractivity contribution in [2.45, 2.75) is 6.42 Å². The van der Waals surface area contributed by atoms with Gasteiger partial charge >= 0.3 is 5.97 Å². The molecule has 72 valence electrons. The van der Waals surface area contributed by atoms with Crippen LogP contribution >= 0.6 is 0 Å². The van der Waals surface area contributed by atoms with Crippen LogP contribution < -0.4 is 0 Å². The zero-order chi connectivity index (χ0) is 9.84. The molecular weight excluding hydrogens is 172 g/mol. The van der Waals surface area contributed by atoms with Crippen LogP contribution in [0.3, 0.4) is 0 Å². The van der Waals surface area contributed by atoms with Gasteiger partial charge in [0.1, 0.15) is 5.56 Å². The first kappa shape index (κ1) is 9.73. The fraction of sp³-hybridized carbons (Fsp3) is 0.500. The van der Waals surface area contributed by atoms with E-state index in [1.54, 1.807) is 18.8 Å². The number of hydrogen-bond donors (Lipinski definition) is 1. The molecule has 0 aromatic carbocycles. The average Bonchev–Trinajstić information content (AvgIpc) is 2.43. The topological polar surface area (TPSA) is 64.3 Å². The molecule has 0 bridgehead atoms. The van der Waals surface area contributed by atoms with Gasteiger partial charge in [0.2, 0.25) is 0 Å². The van der Waals surface area contributed by atoms with Gasteiger partial charge in [-0.05, 0) is 0 Å². The van der Waals surface area contributed by atoms with Crippen molar-refractivity contribution in [3.63, 3.8) is 0 Å². The van der Waals surface area contributed by atoms with Gasteiger partial charge in [-0.2, -0.15) is 5.10 Å². The Labute approximate surface area is 75.9 Å². The Morgan fingerprint density at radius 3 is 3.00 bits per heavy atom. The molecule has 0 spiro atoms. The van der Waals surface area contributed by atoms with Crippen LogP contribution in [-0.2, 0) is 18.2 Å². The quantitative estimate of drug-likeness (QED) is 0.731. The van der Waals surface area contributed by atoms with E-state index in [1.165, 1.54) is 6.20 Å². The summed E-state index contributed by atoms with van der Waals surface area (Å²) < 4.78 is 6.43. The number of rotatable bonds is 4. The first-order valence-corrected chi connectivity index (χ1v) is 3.90. The summed E-state index contributed by atoms with van der Waals surface area (Å²) in [5.74, 6) is -0.945. The monoisotopic (exact) mass is 184 g/mol. The summed E-state index contributed by atoms with van der Waals surface area (Å²) in [6.45, 7) is 0.500. The van der Waals surface area contributed by atoms with E-state index in [1.807, 2.05) is 0 Å². The van der Waals surface area contributed by atoms with E-state index >= 15 is 0 Å². The molecule has 1 aromatic rings. The molecule has 0 atom stereocenters. The third-order valence-corrected chi connectivity index (χ3v) is 1.83. The number of hydrogen-bond acceptors (Lipinski definition) is 3. The van der Waals surface area contributed by atoms with Crippen molar-refractivity contribution in [3.8, 4) is 0 Å². The predicted octanol–water partition coefficient (Wildman–Crippen LogP) is 0.307. The largest absolute Gasteiger partial charge is 0.478 e. The number of methoxy groups -OCH3 is 1. The van der Waals surface area contributed by atoms with Gasteiger partial charge in [-0.1, -0.05) is 0 Å². The molecule has 0 radical (unpaired) electrons. The third-order valence-electron chi connectivity index (χ3n) is 1.83. The molecule has 0 amide bonds. The van der Waals surface area contributed by atoms with Gasteiger partial charge in [0, 0.05) is 20.6 Å². The number of carboxylic acids is 1. The Morgan fingerprint density at radius 2 is 2.46 bits per heavy atom. The fourth-order valence-electron chi connectivity index (χ4n) is 1.14. The van der Waals surface area contributed by atoms with E-state index in [0.717, 1.165) is 0 Å². The van der Waals surface area contributed by atoms with Crippen LogP contribution in [0.1, 0.15) is 16.1 Å². The number of carboxylic acid groups (broad SMARTS) is 1. The Morgan fingerprint density at radius 1 is 1.77 bits per heavy atom. The van der Waals surface area contributed by atoms with Crippen LogP contribution in [0.2, 0.25) is 0 Å². The second kappa shape index (κ2) is 4.04. The summed E-state index contributed by atoms with van der Waals surface area (Å²) in [5.41, 5.74) is 0.939. The lowest BCUT2D eigenvalue weighted by atomic mass is 10.2. The van der Waals surface area contributed by atoms with Crippen molar-refractivity contribution in [1.82, 2.24) is 9.78 Å². The van der Waals surface area contributed by atoms with Gasteiger partial charge in [-0.25, -0.2) is 4.79 Å². The van der Waals surface area contributed by atoms with E-state index in [4.69, 9.17) is 9.84 Å². The summed E-state index contributed by atoms with van der Waals surface area (Å²) in [6, 6.07) is 0. The number of aryl methyl sites for hydroxylation is 1. The normalized spacial score (nSPS) is 10.3. The first-order valence-electron chi connectivity index (χ1n) is 3.90. The molecule has 5 heteroatoms. The molecular formula is C8H12N2O3. The lowest BCUT2D eigenvalue weighted by Gasteiger charge is -2.02. The van der Waals surface area contributed by atoms with E-state index in [9.17, 15) is 4.79 Å². The molecule has 0 aliphatic carbocycles. The van der Waals surface area contributed by atoms with Gasteiger partial charge in [0.15, 0.2) is 0 Å². The van der Waals surface area contributed by atoms with Crippen molar-refractivity contribution < 1.29 is 14.6 Å². The molecule has 1 rings (SSSR count). The van der Waals surface area contributed by atoms with E-state index < -0.39 is 5.97 Å². The standard InChI is InChI=1S/C8H12N2O3/c1-10-7(3-4-13-2)6(5-9-10)8(11)12/h5H,3-4H2,1-2H3,(H,11,12). The van der Waals surface area contributed by atoms with Crippen LogP contribution in [0.5, 0.6) is 0 Å². The van der Waals surface area contributed by atoms with Crippen molar-refractivity contribution in [1.29, 1.82) is 0 Å². The highest BCUT2D eigenvalue weighted by Gasteiger charge is 2.13. The minimum atomic E-state index is -0.945. The Kier molecular flexibility index (Phi) is 3.02. The number of aromatic carboxylic acids is 1. The zero-order valence-electron chi connectivity index (χ0n) is 7.65. The molecule has 1 aromatic heterocycles. The minimum absolute atomic E-state index is 0.250. The van der Waals surface area contributed by atoms with E-state index in [2.05, 4.69) is 5.10 Å². The Bertz CT molecular complexity index is 306. The van der Waals surface area contributed by atoms with Crippen molar-refractivity contribution in [2.75, 3.05) is 13.7 Å². The van der Waals surface area contributed by atoms with Crippen LogP contribution in [0.4, 0.5) is 0 Å². The van der Waals surface area contributed by atoms with Gasteiger partial charge in [0.25, 0.3) is 0 Å². The molecule has 0 aliphatic heterocycles. The van der Waals surface area contributed by atoms with Gasteiger partial charge < -0.3 is 9.84 Å². The summed E-state index contributed by atoms with van der Waals surface area (Å²) in [4.78, 5) is 10.7. The van der Waals surface area contributed by atoms with Gasteiger partial charge in [-0.3, -0.25) is 4.68 Å². The molecule has 0 saturated carbocycles. The number of aromatic nitrogens is 2. The summed E-state index contributed by atoms with van der Waals surface area (Å²) in [7, 11) is 3.30. The summed E-state index contributed by atoms with van der Waals surface area (Å²) in [5, 5.41) is 12.7. The molecule has 0 fully saturated rings. The third kappa shape index (κ3) is 2.06. The maximum absolute atomic E-state index is 10.7. The van der Waals surface area contributed by atoms with E-state index in [-0.39, 0.29) is 5.56 Å². The smallest absolute Gasteiger partial charge is 0.339 e. The fourth-order valence-corrected chi connectivity index (χ4v) is 1.14. The predicted molar refractivity (Wildman–Crippen MR) is 45.7 cm³/mol. The maximum Gasteiger partial charge on any atom is 0.339 e. The molecule has 1 N–H and O–H groups in total. The van der Waals surface area contributed by atoms with Crippen LogP contribution in [0.25, 0.3) is 0 Å². The summed E-state index contributed by atoms with van der Waals surface area (Å²) >= 11 is 0. The molecule has 5 nitrogen and oxygen atoms in total. The highest BCUT2D eigenvalue weighted by atomic mass is 16.5. The summed E-state index contributed by atoms with van der Waals surface area (Å²) in [6.07, 6.45) is 1.92. The molecule has 0 unspecified atom stereocenters. The van der Waals surface area contributed by atoms with Crippen LogP contribution in [0.15, 0.2) is 6.20 Å². The number of nitrogens with zero attached hydrogens (tertiary/aromatic N) is 2. The SMILES string of the molecule is COCCc1c(C(=O)O)cnn1C. The first-order chi connectivity index (χ1) is 6.16. The van der Waals surface area contributed by atoms with Gasteiger partial charge in [-0.15, -0.1) is 0 Å². The Balaban J connectivity index is 2.88. The van der Waals surface area contributed by atoms with E-state index in [0.29, 0.717) is 18.7 Å². The highest BCUT2D eigenvalue weighted by Crippen LogP contribution is 2.07. The van der Waals surface area contributed by atoms with Crippen LogP contribution in [0, 0.1) is 0 Å². The van der Waals surface area contributed by atoms with Crippen molar-refractivity contribution in [2.24, 2.45) is 7.05 Å². The maximum atomic E-state index is 10.7. The minimum Gasteiger partial charge on any atom is -0.478 e. The van der Waals surface area contributed by atoms with Crippen LogP contribution in [-0.4, -0.2) is 34.6 Å². The lowest BCUT2D eigenvalue weighted by Crippen LogP contribution is -2.07. The van der Waals surface area contributed by atoms with Crippen molar-refractivity contribution >= 4 is 5.97 Å². The lowest BCUT2D eigenvalue weighted by molar-refractivity contribution is 0.0695. The highest BCUT2D eigenvalue weighted by molar-refractivity contribution is 5.88.